The number of carbonyl (C=O) groups is 1. The van der Waals surface area contributed by atoms with Crippen LogP contribution in [0.2, 0.25) is 0 Å². The fraction of sp³-hybridized carbons (Fsp3) is 0.211. The van der Waals surface area contributed by atoms with Crippen molar-refractivity contribution in [1.29, 1.82) is 0 Å². The van der Waals surface area contributed by atoms with Gasteiger partial charge in [0.15, 0.2) is 0 Å². The summed E-state index contributed by atoms with van der Waals surface area (Å²) in [6.45, 7) is 6.12. The maximum atomic E-state index is 9.89. The lowest BCUT2D eigenvalue weighted by Crippen LogP contribution is -1.87. The predicted molar refractivity (Wildman–Crippen MR) is 88.5 cm³/mol. The van der Waals surface area contributed by atoms with Crippen LogP contribution in [0.15, 0.2) is 54.6 Å². The van der Waals surface area contributed by atoms with Crippen LogP contribution in [-0.2, 0) is 4.79 Å². The molecule has 2 nitrogen and oxygen atoms in total. The van der Waals surface area contributed by atoms with Crippen LogP contribution in [0, 0.1) is 6.92 Å². The molecule has 2 heteroatoms. The van der Waals surface area contributed by atoms with Gasteiger partial charge in [-0.2, -0.15) is 0 Å². The van der Waals surface area contributed by atoms with Crippen LogP contribution >= 0.6 is 0 Å². The number of rotatable bonds is 3. The first-order valence-corrected chi connectivity index (χ1v) is 7.01. The van der Waals surface area contributed by atoms with E-state index in [2.05, 4.69) is 13.8 Å². The summed E-state index contributed by atoms with van der Waals surface area (Å²) in [5, 5.41) is 9.46. The van der Waals surface area contributed by atoms with Crippen LogP contribution < -0.4 is 0 Å². The number of phenols is 1. The third kappa shape index (κ3) is 6.09. The number of hydrogen-bond acceptors (Lipinski definition) is 2. The highest BCUT2D eigenvalue weighted by Gasteiger charge is 2.03. The van der Waals surface area contributed by atoms with E-state index in [9.17, 15) is 9.90 Å². The molecule has 0 aliphatic carbocycles. The van der Waals surface area contributed by atoms with Gasteiger partial charge in [-0.15, -0.1) is 0 Å². The van der Waals surface area contributed by atoms with Crippen molar-refractivity contribution >= 4 is 12.4 Å². The number of allylic oxidation sites excluding steroid dienone is 1. The second-order valence-electron chi connectivity index (χ2n) is 5.12. The monoisotopic (exact) mass is 282 g/mol. The molecule has 0 amide bonds. The van der Waals surface area contributed by atoms with Crippen molar-refractivity contribution in [1.82, 2.24) is 0 Å². The molecule has 21 heavy (non-hydrogen) atoms. The van der Waals surface area contributed by atoms with Gasteiger partial charge in [-0.05, 0) is 41.7 Å². The SMILES string of the molecule is Cc1ccc(C(C)C)c(O)c1.O=CC=Cc1ccccc1. The van der Waals surface area contributed by atoms with E-state index in [0.717, 1.165) is 23.0 Å². The van der Waals surface area contributed by atoms with Crippen molar-refractivity contribution in [3.63, 3.8) is 0 Å². The molecule has 0 bridgehead atoms. The van der Waals surface area contributed by atoms with Crippen molar-refractivity contribution in [2.24, 2.45) is 0 Å². The zero-order valence-electron chi connectivity index (χ0n) is 12.8. The van der Waals surface area contributed by atoms with Crippen molar-refractivity contribution < 1.29 is 9.90 Å². The molecule has 0 atom stereocenters. The Morgan fingerprint density at radius 1 is 1.05 bits per heavy atom. The minimum Gasteiger partial charge on any atom is -0.508 e. The third-order valence-corrected chi connectivity index (χ3v) is 2.97. The number of carbonyl (C=O) groups excluding carboxylic acids is 1. The molecule has 0 aliphatic rings. The fourth-order valence-corrected chi connectivity index (χ4v) is 1.86. The van der Waals surface area contributed by atoms with Crippen LogP contribution in [0.4, 0.5) is 0 Å². The van der Waals surface area contributed by atoms with E-state index in [-0.39, 0.29) is 0 Å². The molecular formula is C19H22O2. The molecule has 0 heterocycles. The number of phenolic OH excluding ortho intramolecular Hbond substituents is 1. The van der Waals surface area contributed by atoms with E-state index >= 15 is 0 Å². The van der Waals surface area contributed by atoms with Gasteiger partial charge in [-0.1, -0.05) is 62.4 Å². The Hall–Kier alpha value is -2.35. The molecule has 0 aromatic heterocycles. The van der Waals surface area contributed by atoms with Gasteiger partial charge in [-0.25, -0.2) is 0 Å². The molecular weight excluding hydrogens is 260 g/mol. The molecule has 0 unspecified atom stereocenters. The lowest BCUT2D eigenvalue weighted by Gasteiger charge is -2.07. The van der Waals surface area contributed by atoms with E-state index in [4.69, 9.17) is 0 Å². The predicted octanol–water partition coefficient (Wildman–Crippen LogP) is 4.72. The number of aryl methyl sites for hydroxylation is 1. The average Bonchev–Trinajstić information content (AvgIpc) is 2.46. The average molecular weight is 282 g/mol. The molecule has 2 aromatic rings. The molecule has 2 aromatic carbocycles. The quantitative estimate of drug-likeness (QED) is 0.653. The van der Waals surface area contributed by atoms with Crippen LogP contribution in [0.25, 0.3) is 6.08 Å². The lowest BCUT2D eigenvalue weighted by atomic mass is 10.0. The summed E-state index contributed by atoms with van der Waals surface area (Å²) >= 11 is 0. The second kappa shape index (κ2) is 8.75. The highest BCUT2D eigenvalue weighted by atomic mass is 16.3. The largest absolute Gasteiger partial charge is 0.508 e. The first kappa shape index (κ1) is 16.7. The molecule has 0 fully saturated rings. The maximum Gasteiger partial charge on any atom is 0.142 e. The van der Waals surface area contributed by atoms with E-state index in [0.29, 0.717) is 11.7 Å². The topological polar surface area (TPSA) is 37.3 Å². The van der Waals surface area contributed by atoms with Gasteiger partial charge in [0, 0.05) is 0 Å². The molecule has 0 aliphatic heterocycles. The Balaban J connectivity index is 0.000000211. The van der Waals surface area contributed by atoms with Crippen LogP contribution in [0.3, 0.4) is 0 Å². The smallest absolute Gasteiger partial charge is 0.142 e. The Morgan fingerprint density at radius 2 is 1.71 bits per heavy atom. The zero-order chi connectivity index (χ0) is 15.7. The summed E-state index contributed by atoms with van der Waals surface area (Å²) in [4.78, 5) is 9.89. The highest BCUT2D eigenvalue weighted by Crippen LogP contribution is 2.25. The van der Waals surface area contributed by atoms with Crippen molar-refractivity contribution in [2.45, 2.75) is 26.7 Å². The first-order chi connectivity index (χ1) is 10.0. The summed E-state index contributed by atoms with van der Waals surface area (Å²) in [5.41, 5.74) is 3.18. The van der Waals surface area contributed by atoms with Crippen LogP contribution in [0.5, 0.6) is 5.75 Å². The van der Waals surface area contributed by atoms with Crippen molar-refractivity contribution in [3.05, 3.63) is 71.3 Å². The molecule has 0 saturated carbocycles. The van der Waals surface area contributed by atoms with E-state index < -0.39 is 0 Å². The van der Waals surface area contributed by atoms with Gasteiger partial charge in [-0.3, -0.25) is 4.79 Å². The number of hydrogen-bond donors (Lipinski definition) is 1. The molecule has 1 N–H and O–H groups in total. The summed E-state index contributed by atoms with van der Waals surface area (Å²) in [5.74, 6) is 0.815. The maximum absolute atomic E-state index is 9.89. The van der Waals surface area contributed by atoms with Crippen LogP contribution in [-0.4, -0.2) is 11.4 Å². The van der Waals surface area contributed by atoms with Gasteiger partial charge in [0.25, 0.3) is 0 Å². The van der Waals surface area contributed by atoms with E-state index in [1.54, 1.807) is 12.1 Å². The summed E-state index contributed by atoms with van der Waals surface area (Å²) < 4.78 is 0. The van der Waals surface area contributed by atoms with Gasteiger partial charge >= 0.3 is 0 Å². The summed E-state index contributed by atoms with van der Waals surface area (Å²) in [6.07, 6.45) is 4.02. The van der Waals surface area contributed by atoms with Gasteiger partial charge in [0.05, 0.1) is 0 Å². The van der Waals surface area contributed by atoms with E-state index in [1.807, 2.05) is 49.4 Å². The minimum atomic E-state index is 0.399. The van der Waals surface area contributed by atoms with Gasteiger partial charge in [0.1, 0.15) is 12.0 Å². The van der Waals surface area contributed by atoms with Crippen LogP contribution in [0.1, 0.15) is 36.5 Å². The summed E-state index contributed by atoms with van der Waals surface area (Å²) in [6, 6.07) is 15.5. The van der Waals surface area contributed by atoms with Crippen molar-refractivity contribution in [3.8, 4) is 5.75 Å². The zero-order valence-corrected chi connectivity index (χ0v) is 12.8. The number of aldehydes is 1. The normalized spacial score (nSPS) is 10.3. The number of benzene rings is 2. The Labute approximate surface area is 126 Å². The molecule has 110 valence electrons. The Kier molecular flexibility index (Phi) is 6.96. The molecule has 0 radical (unpaired) electrons. The molecule has 0 spiro atoms. The van der Waals surface area contributed by atoms with Gasteiger partial charge in [0.2, 0.25) is 0 Å². The fourth-order valence-electron chi connectivity index (χ4n) is 1.86. The first-order valence-electron chi connectivity index (χ1n) is 7.01. The second-order valence-corrected chi connectivity index (χ2v) is 5.12. The summed E-state index contributed by atoms with van der Waals surface area (Å²) in [7, 11) is 0. The van der Waals surface area contributed by atoms with E-state index in [1.165, 1.54) is 6.08 Å². The highest BCUT2D eigenvalue weighted by molar-refractivity contribution is 5.73. The Bertz CT molecular complexity index is 584. The Morgan fingerprint density at radius 3 is 2.24 bits per heavy atom. The van der Waals surface area contributed by atoms with Gasteiger partial charge < -0.3 is 5.11 Å². The molecule has 2 rings (SSSR count). The standard InChI is InChI=1S/C10H14O.C9H8O/c1-7(2)9-5-4-8(3)6-10(9)11;10-8-4-7-9-5-2-1-3-6-9/h4-7,11H,1-3H3;1-8H. The number of aromatic hydroxyl groups is 1. The minimum absolute atomic E-state index is 0.399. The molecule has 0 saturated heterocycles. The third-order valence-electron chi connectivity index (χ3n) is 2.97. The van der Waals surface area contributed by atoms with Crippen molar-refractivity contribution in [2.75, 3.05) is 0 Å². The lowest BCUT2D eigenvalue weighted by molar-refractivity contribution is -0.104.